The molecule has 7 heteroatoms. The van der Waals surface area contributed by atoms with Crippen molar-refractivity contribution in [3.8, 4) is 11.5 Å². The van der Waals surface area contributed by atoms with Crippen molar-refractivity contribution < 1.29 is 14.0 Å². The van der Waals surface area contributed by atoms with Gasteiger partial charge in [0.2, 0.25) is 5.91 Å². The lowest BCUT2D eigenvalue weighted by molar-refractivity contribution is -0.134. The molecular formula is C27H30ClN3O3. The van der Waals surface area contributed by atoms with Crippen LogP contribution in [0, 0.1) is 5.92 Å². The van der Waals surface area contributed by atoms with Gasteiger partial charge in [-0.2, -0.15) is 0 Å². The first-order chi connectivity index (χ1) is 16.4. The van der Waals surface area contributed by atoms with Gasteiger partial charge in [0.05, 0.1) is 18.5 Å². The fourth-order valence-corrected chi connectivity index (χ4v) is 5.41. The fraction of sp³-hybridized carbons (Fsp3) is 0.407. The van der Waals surface area contributed by atoms with Gasteiger partial charge < -0.3 is 19.2 Å². The van der Waals surface area contributed by atoms with E-state index in [-0.39, 0.29) is 17.9 Å². The van der Waals surface area contributed by atoms with Crippen molar-refractivity contribution in [1.29, 1.82) is 0 Å². The van der Waals surface area contributed by atoms with Gasteiger partial charge in [-0.25, -0.2) is 0 Å². The maximum atomic E-state index is 13.9. The van der Waals surface area contributed by atoms with Crippen molar-refractivity contribution in [2.24, 2.45) is 5.92 Å². The molecule has 178 valence electrons. The Bertz CT molecular complexity index is 1180. The zero-order valence-electron chi connectivity index (χ0n) is 19.6. The number of benzene rings is 1. The summed E-state index contributed by atoms with van der Waals surface area (Å²) in [7, 11) is 0. The van der Waals surface area contributed by atoms with Gasteiger partial charge in [-0.1, -0.05) is 43.5 Å². The molecule has 1 aromatic carbocycles. The number of nitrogens with one attached hydrogen (secondary N) is 1. The smallest absolute Gasteiger partial charge is 0.271 e. The Labute approximate surface area is 204 Å². The van der Waals surface area contributed by atoms with E-state index in [1.165, 1.54) is 6.42 Å². The van der Waals surface area contributed by atoms with E-state index >= 15 is 0 Å². The number of carbonyl (C=O) groups is 2. The minimum atomic E-state index is -1.07. The Morgan fingerprint density at radius 2 is 1.85 bits per heavy atom. The second-order valence-corrected chi connectivity index (χ2v) is 10.2. The molecule has 3 heterocycles. The molecule has 1 saturated carbocycles. The largest absolute Gasteiger partial charge is 0.463 e. The van der Waals surface area contributed by atoms with Gasteiger partial charge in [0.15, 0.2) is 0 Å². The molecule has 1 aliphatic heterocycles. The van der Waals surface area contributed by atoms with Crippen LogP contribution in [0.15, 0.2) is 59.2 Å². The third-order valence-corrected chi connectivity index (χ3v) is 7.70. The Morgan fingerprint density at radius 3 is 2.56 bits per heavy atom. The van der Waals surface area contributed by atoms with E-state index in [2.05, 4.69) is 12.2 Å². The van der Waals surface area contributed by atoms with Gasteiger partial charge in [-0.05, 0) is 67.6 Å². The number of furan rings is 1. The number of carbonyl (C=O) groups excluding carboxylic acids is 2. The Kier molecular flexibility index (Phi) is 6.02. The molecule has 5 rings (SSSR count). The van der Waals surface area contributed by atoms with Gasteiger partial charge in [0, 0.05) is 17.6 Å². The summed E-state index contributed by atoms with van der Waals surface area (Å²) in [4.78, 5) is 29.4. The molecular weight excluding hydrogens is 450 g/mol. The molecule has 2 aliphatic rings. The van der Waals surface area contributed by atoms with Crippen LogP contribution in [0.3, 0.4) is 0 Å². The van der Waals surface area contributed by atoms with Crippen molar-refractivity contribution >= 4 is 23.4 Å². The first-order valence-electron chi connectivity index (χ1n) is 12.0. The van der Waals surface area contributed by atoms with Gasteiger partial charge >= 0.3 is 0 Å². The van der Waals surface area contributed by atoms with Crippen LogP contribution in [-0.4, -0.2) is 32.9 Å². The molecule has 3 aromatic rings. The SMILES string of the molecule is CC1CCCCC1NC(=O)C1(C)Cn2c(ccc2-c2ccco2)C(=O)N1Cc1ccc(Cl)cc1. The molecule has 0 spiro atoms. The molecule has 0 radical (unpaired) electrons. The number of fused-ring (bicyclic) bond motifs is 1. The summed E-state index contributed by atoms with van der Waals surface area (Å²) in [5, 5.41) is 3.95. The minimum Gasteiger partial charge on any atom is -0.463 e. The van der Waals surface area contributed by atoms with Crippen LogP contribution in [0.2, 0.25) is 5.02 Å². The first kappa shape index (κ1) is 22.8. The van der Waals surface area contributed by atoms with E-state index in [1.807, 2.05) is 60.0 Å². The summed E-state index contributed by atoms with van der Waals surface area (Å²) >= 11 is 6.07. The number of halogens is 1. The summed E-state index contributed by atoms with van der Waals surface area (Å²) in [5.41, 5.74) is 1.21. The Hall–Kier alpha value is -2.99. The van der Waals surface area contributed by atoms with Gasteiger partial charge in [-0.3, -0.25) is 9.59 Å². The zero-order chi connectivity index (χ0) is 23.9. The average molecular weight is 480 g/mol. The predicted octanol–water partition coefficient (Wildman–Crippen LogP) is 5.51. The average Bonchev–Trinajstić information content (AvgIpc) is 3.49. The number of aromatic nitrogens is 1. The van der Waals surface area contributed by atoms with Crippen molar-refractivity contribution in [2.75, 3.05) is 0 Å². The van der Waals surface area contributed by atoms with E-state index in [9.17, 15) is 9.59 Å². The van der Waals surface area contributed by atoms with Crippen LogP contribution in [-0.2, 0) is 17.9 Å². The highest BCUT2D eigenvalue weighted by Crippen LogP contribution is 2.35. The maximum Gasteiger partial charge on any atom is 0.271 e. The lowest BCUT2D eigenvalue weighted by Crippen LogP contribution is -2.65. The van der Waals surface area contributed by atoms with Crippen LogP contribution in [0.25, 0.3) is 11.5 Å². The van der Waals surface area contributed by atoms with Gasteiger partial charge in [0.25, 0.3) is 5.91 Å². The van der Waals surface area contributed by atoms with Crippen LogP contribution >= 0.6 is 11.6 Å². The van der Waals surface area contributed by atoms with E-state index in [0.29, 0.717) is 35.5 Å². The highest BCUT2D eigenvalue weighted by molar-refractivity contribution is 6.30. The summed E-state index contributed by atoms with van der Waals surface area (Å²) in [6, 6.07) is 14.9. The van der Waals surface area contributed by atoms with Crippen LogP contribution in [0.5, 0.6) is 0 Å². The topological polar surface area (TPSA) is 67.5 Å². The summed E-state index contributed by atoms with van der Waals surface area (Å²) in [5.74, 6) is 0.812. The normalized spacial score (nSPS) is 24.7. The molecule has 1 fully saturated rings. The van der Waals surface area contributed by atoms with Crippen molar-refractivity contribution in [1.82, 2.24) is 14.8 Å². The summed E-state index contributed by atoms with van der Waals surface area (Å²) in [6.07, 6.45) is 6.01. The molecule has 34 heavy (non-hydrogen) atoms. The third-order valence-electron chi connectivity index (χ3n) is 7.45. The van der Waals surface area contributed by atoms with Crippen molar-refractivity contribution in [2.45, 2.75) is 64.2 Å². The second-order valence-electron chi connectivity index (χ2n) is 9.80. The number of hydrogen-bond donors (Lipinski definition) is 1. The first-order valence-corrected chi connectivity index (χ1v) is 12.4. The monoisotopic (exact) mass is 479 g/mol. The highest BCUT2D eigenvalue weighted by atomic mass is 35.5. The van der Waals surface area contributed by atoms with Crippen LogP contribution in [0.1, 0.15) is 55.6 Å². The van der Waals surface area contributed by atoms with Gasteiger partial charge in [-0.15, -0.1) is 0 Å². The lowest BCUT2D eigenvalue weighted by Gasteiger charge is -2.45. The molecule has 6 nitrogen and oxygen atoms in total. The Morgan fingerprint density at radius 1 is 1.12 bits per heavy atom. The molecule has 3 atom stereocenters. The molecule has 1 N–H and O–H groups in total. The zero-order valence-corrected chi connectivity index (χ0v) is 20.3. The Balaban J connectivity index is 1.52. The van der Waals surface area contributed by atoms with Crippen LogP contribution in [0.4, 0.5) is 0 Å². The standard InChI is InChI=1S/C27H30ClN3O3/c1-18-6-3-4-7-21(18)29-26(33)27(2)17-30-22(24-8-5-15-34-24)13-14-23(30)25(32)31(27)16-19-9-11-20(28)12-10-19/h5,8-15,18,21H,3-4,6-7,16-17H2,1-2H3,(H,29,33). The maximum absolute atomic E-state index is 13.9. The summed E-state index contributed by atoms with van der Waals surface area (Å²) in [6.45, 7) is 4.74. The van der Waals surface area contributed by atoms with E-state index in [1.54, 1.807) is 11.2 Å². The van der Waals surface area contributed by atoms with Crippen LogP contribution < -0.4 is 5.32 Å². The number of amides is 2. The second kappa shape index (κ2) is 8.99. The quantitative estimate of drug-likeness (QED) is 0.524. The van der Waals surface area contributed by atoms with Crippen molar-refractivity contribution in [3.63, 3.8) is 0 Å². The molecule has 2 aromatic heterocycles. The van der Waals surface area contributed by atoms with Crippen molar-refractivity contribution in [3.05, 3.63) is 71.1 Å². The molecule has 1 aliphatic carbocycles. The predicted molar refractivity (Wildman–Crippen MR) is 131 cm³/mol. The lowest BCUT2D eigenvalue weighted by atomic mass is 9.85. The van der Waals surface area contributed by atoms with E-state index in [0.717, 1.165) is 30.5 Å². The number of rotatable bonds is 5. The van der Waals surface area contributed by atoms with E-state index < -0.39 is 5.54 Å². The summed E-state index contributed by atoms with van der Waals surface area (Å²) < 4.78 is 7.54. The molecule has 0 bridgehead atoms. The highest BCUT2D eigenvalue weighted by Gasteiger charge is 2.48. The number of hydrogen-bond acceptors (Lipinski definition) is 3. The molecule has 3 unspecified atom stereocenters. The third kappa shape index (κ3) is 4.05. The minimum absolute atomic E-state index is 0.113. The van der Waals surface area contributed by atoms with Gasteiger partial charge in [0.1, 0.15) is 17.0 Å². The number of nitrogens with zero attached hydrogens (tertiary/aromatic N) is 2. The molecule has 0 saturated heterocycles. The van der Waals surface area contributed by atoms with E-state index in [4.69, 9.17) is 16.0 Å². The molecule has 2 amide bonds. The fourth-order valence-electron chi connectivity index (χ4n) is 5.29.